The van der Waals surface area contributed by atoms with Crippen LogP contribution in [0.1, 0.15) is 17.5 Å². The average molecular weight is 193 g/mol. The lowest BCUT2D eigenvalue weighted by atomic mass is 10.1. The molecular weight excluding hydrogens is 178 g/mol. The summed E-state index contributed by atoms with van der Waals surface area (Å²) >= 11 is 0. The van der Waals surface area contributed by atoms with Crippen molar-refractivity contribution in [2.75, 3.05) is 6.61 Å². The molecular formula is C11H15NO2. The highest BCUT2D eigenvalue weighted by Gasteiger charge is 2.01. The van der Waals surface area contributed by atoms with E-state index in [1.165, 1.54) is 5.56 Å². The SMILES string of the molecule is Cc1cccc(OCCC(N)=O)c1C. The van der Waals surface area contributed by atoms with E-state index in [-0.39, 0.29) is 12.3 Å². The minimum atomic E-state index is -0.338. The van der Waals surface area contributed by atoms with E-state index in [4.69, 9.17) is 10.5 Å². The number of amides is 1. The molecule has 14 heavy (non-hydrogen) atoms. The molecule has 0 aliphatic heterocycles. The summed E-state index contributed by atoms with van der Waals surface area (Å²) in [5.41, 5.74) is 7.30. The number of hydrogen-bond acceptors (Lipinski definition) is 2. The van der Waals surface area contributed by atoms with Gasteiger partial charge in [-0.25, -0.2) is 0 Å². The molecule has 0 bridgehead atoms. The van der Waals surface area contributed by atoms with Crippen LogP contribution < -0.4 is 10.5 Å². The van der Waals surface area contributed by atoms with Crippen LogP contribution in [0.2, 0.25) is 0 Å². The van der Waals surface area contributed by atoms with Gasteiger partial charge in [-0.15, -0.1) is 0 Å². The van der Waals surface area contributed by atoms with Gasteiger partial charge >= 0.3 is 0 Å². The summed E-state index contributed by atoms with van der Waals surface area (Å²) in [6.07, 6.45) is 0.257. The normalized spacial score (nSPS) is 9.86. The highest BCUT2D eigenvalue weighted by atomic mass is 16.5. The number of primary amides is 1. The Kier molecular flexibility index (Phi) is 3.51. The first-order valence-corrected chi connectivity index (χ1v) is 4.58. The number of carbonyl (C=O) groups excluding carboxylic acids is 1. The molecule has 0 atom stereocenters. The van der Waals surface area contributed by atoms with Crippen molar-refractivity contribution < 1.29 is 9.53 Å². The molecule has 1 aromatic carbocycles. The highest BCUT2D eigenvalue weighted by Crippen LogP contribution is 2.20. The molecule has 1 rings (SSSR count). The molecule has 1 aromatic rings. The molecule has 0 saturated carbocycles. The Morgan fingerprint density at radius 3 is 2.79 bits per heavy atom. The van der Waals surface area contributed by atoms with Gasteiger partial charge in [0.25, 0.3) is 0 Å². The maximum Gasteiger partial charge on any atom is 0.220 e. The predicted octanol–water partition coefficient (Wildman–Crippen LogP) is 1.56. The molecule has 0 saturated heterocycles. The molecule has 3 nitrogen and oxygen atoms in total. The lowest BCUT2D eigenvalue weighted by Crippen LogP contribution is -2.14. The molecule has 76 valence electrons. The van der Waals surface area contributed by atoms with Crippen LogP contribution in [0.5, 0.6) is 5.75 Å². The number of rotatable bonds is 4. The summed E-state index contributed by atoms with van der Waals surface area (Å²) in [5.74, 6) is 0.488. The van der Waals surface area contributed by atoms with E-state index >= 15 is 0 Å². The minimum absolute atomic E-state index is 0.257. The van der Waals surface area contributed by atoms with Gasteiger partial charge in [0.1, 0.15) is 5.75 Å². The zero-order chi connectivity index (χ0) is 10.6. The van der Waals surface area contributed by atoms with Crippen LogP contribution >= 0.6 is 0 Å². The molecule has 0 heterocycles. The third kappa shape index (κ3) is 2.76. The predicted molar refractivity (Wildman–Crippen MR) is 55.2 cm³/mol. The van der Waals surface area contributed by atoms with Crippen LogP contribution in [0.3, 0.4) is 0 Å². The molecule has 0 aliphatic carbocycles. The molecule has 0 aliphatic rings. The molecule has 0 spiro atoms. The van der Waals surface area contributed by atoms with Gasteiger partial charge in [0, 0.05) is 0 Å². The molecule has 0 unspecified atom stereocenters. The van der Waals surface area contributed by atoms with E-state index in [0.717, 1.165) is 11.3 Å². The second-order valence-corrected chi connectivity index (χ2v) is 3.26. The van der Waals surface area contributed by atoms with Gasteiger partial charge in [0.15, 0.2) is 0 Å². The molecule has 2 N–H and O–H groups in total. The summed E-state index contributed by atoms with van der Waals surface area (Å²) in [4.78, 5) is 10.5. The Balaban J connectivity index is 2.59. The first-order valence-electron chi connectivity index (χ1n) is 4.58. The van der Waals surface area contributed by atoms with Crippen LogP contribution in [0, 0.1) is 13.8 Å². The average Bonchev–Trinajstić information content (AvgIpc) is 2.12. The Morgan fingerprint density at radius 1 is 1.43 bits per heavy atom. The van der Waals surface area contributed by atoms with Crippen LogP contribution in [0.15, 0.2) is 18.2 Å². The number of hydrogen-bond donors (Lipinski definition) is 1. The van der Waals surface area contributed by atoms with E-state index in [1.807, 2.05) is 32.0 Å². The van der Waals surface area contributed by atoms with E-state index in [0.29, 0.717) is 6.61 Å². The van der Waals surface area contributed by atoms with Crippen molar-refractivity contribution in [2.24, 2.45) is 5.73 Å². The molecule has 0 fully saturated rings. The smallest absolute Gasteiger partial charge is 0.220 e. The van der Waals surface area contributed by atoms with Crippen molar-refractivity contribution in [1.29, 1.82) is 0 Å². The van der Waals surface area contributed by atoms with Gasteiger partial charge in [-0.3, -0.25) is 4.79 Å². The number of benzene rings is 1. The summed E-state index contributed by atoms with van der Waals surface area (Å²) < 4.78 is 5.43. The van der Waals surface area contributed by atoms with Crippen molar-refractivity contribution in [1.82, 2.24) is 0 Å². The van der Waals surface area contributed by atoms with Crippen LogP contribution in [0.4, 0.5) is 0 Å². The maximum absolute atomic E-state index is 10.5. The van der Waals surface area contributed by atoms with Gasteiger partial charge in [-0.2, -0.15) is 0 Å². The van der Waals surface area contributed by atoms with Gasteiger partial charge in [0.2, 0.25) is 5.91 Å². The summed E-state index contributed by atoms with van der Waals surface area (Å²) in [7, 11) is 0. The van der Waals surface area contributed by atoms with E-state index in [2.05, 4.69) is 0 Å². The van der Waals surface area contributed by atoms with Crippen LogP contribution in [-0.2, 0) is 4.79 Å². The topological polar surface area (TPSA) is 52.3 Å². The van der Waals surface area contributed by atoms with Gasteiger partial charge in [0.05, 0.1) is 13.0 Å². The third-order valence-electron chi connectivity index (χ3n) is 2.16. The fourth-order valence-electron chi connectivity index (χ4n) is 1.14. The van der Waals surface area contributed by atoms with E-state index < -0.39 is 0 Å². The fourth-order valence-corrected chi connectivity index (χ4v) is 1.14. The first kappa shape index (κ1) is 10.6. The summed E-state index contributed by atoms with van der Waals surface area (Å²) in [6, 6.07) is 5.85. The van der Waals surface area contributed by atoms with E-state index in [9.17, 15) is 4.79 Å². The largest absolute Gasteiger partial charge is 0.493 e. The quantitative estimate of drug-likeness (QED) is 0.788. The van der Waals surface area contributed by atoms with Crippen molar-refractivity contribution in [2.45, 2.75) is 20.3 Å². The summed E-state index contributed by atoms with van der Waals surface area (Å²) in [6.45, 7) is 4.37. The lowest BCUT2D eigenvalue weighted by molar-refractivity contribution is -0.118. The minimum Gasteiger partial charge on any atom is -0.493 e. The van der Waals surface area contributed by atoms with Crippen molar-refractivity contribution in [3.63, 3.8) is 0 Å². The molecule has 1 amide bonds. The number of aryl methyl sites for hydroxylation is 1. The van der Waals surface area contributed by atoms with Crippen molar-refractivity contribution in [3.05, 3.63) is 29.3 Å². The lowest BCUT2D eigenvalue weighted by Gasteiger charge is -2.09. The Morgan fingerprint density at radius 2 is 2.14 bits per heavy atom. The molecule has 0 radical (unpaired) electrons. The van der Waals surface area contributed by atoms with Gasteiger partial charge in [-0.05, 0) is 31.0 Å². The highest BCUT2D eigenvalue weighted by molar-refractivity contribution is 5.73. The monoisotopic (exact) mass is 193 g/mol. The second kappa shape index (κ2) is 4.65. The molecule has 3 heteroatoms. The third-order valence-corrected chi connectivity index (χ3v) is 2.16. The molecule has 0 aromatic heterocycles. The Labute approximate surface area is 83.9 Å². The van der Waals surface area contributed by atoms with Crippen LogP contribution in [-0.4, -0.2) is 12.5 Å². The number of carbonyl (C=O) groups is 1. The van der Waals surface area contributed by atoms with E-state index in [1.54, 1.807) is 0 Å². The zero-order valence-electron chi connectivity index (χ0n) is 8.54. The standard InChI is InChI=1S/C11H15NO2/c1-8-4-3-5-10(9(8)2)14-7-6-11(12)13/h3-5H,6-7H2,1-2H3,(H2,12,13). The van der Waals surface area contributed by atoms with Crippen LogP contribution in [0.25, 0.3) is 0 Å². The fraction of sp³-hybridized carbons (Fsp3) is 0.364. The Hall–Kier alpha value is -1.51. The van der Waals surface area contributed by atoms with Crippen molar-refractivity contribution in [3.8, 4) is 5.75 Å². The van der Waals surface area contributed by atoms with Gasteiger partial charge < -0.3 is 10.5 Å². The maximum atomic E-state index is 10.5. The van der Waals surface area contributed by atoms with Gasteiger partial charge in [-0.1, -0.05) is 12.1 Å². The Bertz CT molecular complexity index is 334. The van der Waals surface area contributed by atoms with Crippen molar-refractivity contribution >= 4 is 5.91 Å². The second-order valence-electron chi connectivity index (χ2n) is 3.26. The zero-order valence-corrected chi connectivity index (χ0v) is 8.54. The first-order chi connectivity index (χ1) is 6.61. The number of nitrogens with two attached hydrogens (primary N) is 1. The number of ether oxygens (including phenoxy) is 1. The summed E-state index contributed by atoms with van der Waals surface area (Å²) in [5, 5.41) is 0.